The van der Waals surface area contributed by atoms with Crippen LogP contribution in [-0.2, 0) is 30.2 Å². The summed E-state index contributed by atoms with van der Waals surface area (Å²) >= 11 is 0. The van der Waals surface area contributed by atoms with E-state index in [9.17, 15) is 16.8 Å². The zero-order valence-electron chi connectivity index (χ0n) is 21.0. The molecule has 3 heterocycles. The van der Waals surface area contributed by atoms with Gasteiger partial charge in [-0.2, -0.15) is 0 Å². The molecule has 0 atom stereocenters. The molecule has 3 aliphatic rings. The third-order valence-electron chi connectivity index (χ3n) is 8.05. The minimum absolute atomic E-state index is 0.0710. The fraction of sp³-hybridized carbons (Fsp3) is 0.538. The molecule has 0 amide bonds. The summed E-state index contributed by atoms with van der Waals surface area (Å²) < 4.78 is 60.6. The van der Waals surface area contributed by atoms with Crippen LogP contribution in [0.25, 0.3) is 0 Å². The van der Waals surface area contributed by atoms with Gasteiger partial charge >= 0.3 is 0 Å². The number of piperidine rings is 1. The van der Waals surface area contributed by atoms with E-state index in [1.807, 2.05) is 18.2 Å². The van der Waals surface area contributed by atoms with Crippen LogP contribution < -0.4 is 4.31 Å². The molecule has 2 aromatic carbocycles. The van der Waals surface area contributed by atoms with Gasteiger partial charge in [0, 0.05) is 45.8 Å². The van der Waals surface area contributed by atoms with Crippen molar-refractivity contribution in [3.8, 4) is 0 Å². The highest BCUT2D eigenvalue weighted by molar-refractivity contribution is 7.93. The van der Waals surface area contributed by atoms with Crippen LogP contribution in [0, 0.1) is 5.92 Å². The summed E-state index contributed by atoms with van der Waals surface area (Å²) in [6.07, 6.45) is 4.06. The molecule has 1 spiro atoms. The Morgan fingerprint density at radius 3 is 2.17 bits per heavy atom. The van der Waals surface area contributed by atoms with Gasteiger partial charge in [-0.25, -0.2) is 21.1 Å². The topological polar surface area (TPSA) is 87.2 Å². The molecule has 8 nitrogen and oxygen atoms in total. The van der Waals surface area contributed by atoms with Crippen molar-refractivity contribution in [2.24, 2.45) is 5.92 Å². The molecule has 2 saturated heterocycles. The van der Waals surface area contributed by atoms with Gasteiger partial charge in [0.25, 0.3) is 10.0 Å². The summed E-state index contributed by atoms with van der Waals surface area (Å²) in [4.78, 5) is 2.70. The van der Waals surface area contributed by atoms with Crippen molar-refractivity contribution in [2.45, 2.75) is 40.9 Å². The van der Waals surface area contributed by atoms with Crippen molar-refractivity contribution in [3.05, 3.63) is 54.1 Å². The maximum Gasteiger partial charge on any atom is 0.264 e. The molecule has 196 valence electrons. The number of fused-ring (bicyclic) bond motifs is 2. The van der Waals surface area contributed by atoms with Crippen molar-refractivity contribution < 1.29 is 21.6 Å². The zero-order chi connectivity index (χ0) is 25.6. The minimum atomic E-state index is -3.85. The molecule has 36 heavy (non-hydrogen) atoms. The molecule has 3 aliphatic heterocycles. The number of sulfonamides is 2. The lowest BCUT2D eigenvalue weighted by Gasteiger charge is -2.41. The first-order chi connectivity index (χ1) is 17.1. The Labute approximate surface area is 214 Å². The average molecular weight is 534 g/mol. The number of benzene rings is 2. The lowest BCUT2D eigenvalue weighted by molar-refractivity contribution is 0.0454. The summed E-state index contributed by atoms with van der Waals surface area (Å²) in [7, 11) is -4.57. The molecule has 0 aromatic heterocycles. The minimum Gasteiger partial charge on any atom is -0.381 e. The summed E-state index contributed by atoms with van der Waals surface area (Å²) in [6.45, 7) is 5.12. The van der Waals surface area contributed by atoms with Crippen LogP contribution in [0.4, 0.5) is 5.69 Å². The Balaban J connectivity index is 1.37. The van der Waals surface area contributed by atoms with Gasteiger partial charge in [0.1, 0.15) is 0 Å². The first-order valence-corrected chi connectivity index (χ1v) is 15.5. The second-order valence-corrected chi connectivity index (χ2v) is 14.4. The highest BCUT2D eigenvalue weighted by Gasteiger charge is 2.48. The SMILES string of the molecule is CN(C)S(=O)(=O)c1ccc(S(=O)(=O)N2CC3(CCN(CC4CCOCC4)CC3)c3ccccc32)cc1. The number of hydrogen-bond donors (Lipinski definition) is 0. The fourth-order valence-electron chi connectivity index (χ4n) is 5.81. The summed E-state index contributed by atoms with van der Waals surface area (Å²) in [5, 5.41) is 0. The molecule has 0 bridgehead atoms. The number of rotatable bonds is 6. The van der Waals surface area contributed by atoms with E-state index in [0.717, 1.165) is 74.1 Å². The van der Waals surface area contributed by atoms with Gasteiger partial charge < -0.3 is 9.64 Å². The molecule has 2 fully saturated rings. The van der Waals surface area contributed by atoms with Gasteiger partial charge in [0.05, 0.1) is 15.5 Å². The lowest BCUT2D eigenvalue weighted by atomic mass is 9.74. The highest BCUT2D eigenvalue weighted by atomic mass is 32.2. The average Bonchev–Trinajstić information content (AvgIpc) is 3.21. The molecule has 0 unspecified atom stereocenters. The van der Waals surface area contributed by atoms with Crippen molar-refractivity contribution in [1.29, 1.82) is 0 Å². The molecule has 0 radical (unpaired) electrons. The summed E-state index contributed by atoms with van der Waals surface area (Å²) in [5.41, 5.74) is 1.63. The third kappa shape index (κ3) is 4.58. The Kier molecular flexibility index (Phi) is 6.93. The predicted molar refractivity (Wildman–Crippen MR) is 139 cm³/mol. The van der Waals surface area contributed by atoms with E-state index in [2.05, 4.69) is 11.0 Å². The number of hydrogen-bond acceptors (Lipinski definition) is 6. The molecule has 10 heteroatoms. The smallest absolute Gasteiger partial charge is 0.264 e. The Hall–Kier alpha value is -1.98. The van der Waals surface area contributed by atoms with Crippen LogP contribution in [0.15, 0.2) is 58.3 Å². The monoisotopic (exact) mass is 533 g/mol. The molecule has 0 N–H and O–H groups in total. The molecular weight excluding hydrogens is 498 g/mol. The second kappa shape index (κ2) is 9.72. The third-order valence-corrected chi connectivity index (χ3v) is 11.7. The number of anilines is 1. The van der Waals surface area contributed by atoms with Crippen molar-refractivity contribution in [2.75, 3.05) is 57.8 Å². The molecule has 0 saturated carbocycles. The first-order valence-electron chi connectivity index (χ1n) is 12.6. The van der Waals surface area contributed by atoms with Crippen LogP contribution >= 0.6 is 0 Å². The maximum atomic E-state index is 13.8. The van der Waals surface area contributed by atoms with Crippen LogP contribution in [0.1, 0.15) is 31.2 Å². The maximum absolute atomic E-state index is 13.8. The van der Waals surface area contributed by atoms with Gasteiger partial charge in [-0.05, 0) is 80.6 Å². The van der Waals surface area contributed by atoms with Crippen molar-refractivity contribution in [3.63, 3.8) is 0 Å². The van der Waals surface area contributed by atoms with E-state index in [0.29, 0.717) is 12.5 Å². The van der Waals surface area contributed by atoms with Crippen LogP contribution in [-0.4, -0.2) is 79.5 Å². The van der Waals surface area contributed by atoms with E-state index >= 15 is 0 Å². The molecule has 5 rings (SSSR count). The van der Waals surface area contributed by atoms with Crippen LogP contribution in [0.3, 0.4) is 0 Å². The second-order valence-electron chi connectivity index (χ2n) is 10.4. The van der Waals surface area contributed by atoms with Crippen LogP contribution in [0.5, 0.6) is 0 Å². The zero-order valence-corrected chi connectivity index (χ0v) is 22.6. The number of para-hydroxylation sites is 1. The Morgan fingerprint density at radius 2 is 1.53 bits per heavy atom. The standard InChI is InChI=1S/C26H35N3O5S2/c1-27(2)35(30,31)22-7-9-23(10-8-22)36(32,33)29-20-26(24-5-3-4-6-25(24)29)13-15-28(16-14-26)19-21-11-17-34-18-12-21/h3-10,21H,11-20H2,1-2H3. The largest absolute Gasteiger partial charge is 0.381 e. The molecule has 0 aliphatic carbocycles. The van der Waals surface area contributed by atoms with Gasteiger partial charge in [-0.1, -0.05) is 18.2 Å². The van der Waals surface area contributed by atoms with E-state index in [1.165, 1.54) is 42.7 Å². The van der Waals surface area contributed by atoms with Crippen LogP contribution in [0.2, 0.25) is 0 Å². The van der Waals surface area contributed by atoms with Gasteiger partial charge in [0.2, 0.25) is 10.0 Å². The highest BCUT2D eigenvalue weighted by Crippen LogP contribution is 2.48. The van der Waals surface area contributed by atoms with Gasteiger partial charge in [-0.3, -0.25) is 4.31 Å². The van der Waals surface area contributed by atoms with E-state index in [1.54, 1.807) is 0 Å². The van der Waals surface area contributed by atoms with E-state index < -0.39 is 20.0 Å². The lowest BCUT2D eigenvalue weighted by Crippen LogP contribution is -2.47. The number of nitrogens with zero attached hydrogens (tertiary/aromatic N) is 3. The van der Waals surface area contributed by atoms with Crippen molar-refractivity contribution >= 4 is 25.7 Å². The quantitative estimate of drug-likeness (QED) is 0.568. The van der Waals surface area contributed by atoms with Crippen molar-refractivity contribution in [1.82, 2.24) is 9.21 Å². The number of ether oxygens (including phenoxy) is 1. The van der Waals surface area contributed by atoms with Gasteiger partial charge in [-0.15, -0.1) is 0 Å². The predicted octanol–water partition coefficient (Wildman–Crippen LogP) is 2.91. The van der Waals surface area contributed by atoms with E-state index in [4.69, 9.17) is 4.74 Å². The van der Waals surface area contributed by atoms with Gasteiger partial charge in [0.15, 0.2) is 0 Å². The Bertz CT molecular complexity index is 1300. The number of likely N-dealkylation sites (tertiary alicyclic amines) is 1. The normalized spacial score (nSPS) is 21.2. The summed E-state index contributed by atoms with van der Waals surface area (Å²) in [6, 6.07) is 13.4. The fourth-order valence-corrected chi connectivity index (χ4v) is 8.28. The molecular formula is C26H35N3O5S2. The Morgan fingerprint density at radius 1 is 0.917 bits per heavy atom. The first kappa shape index (κ1) is 25.7. The van der Waals surface area contributed by atoms with E-state index in [-0.39, 0.29) is 15.2 Å². The summed E-state index contributed by atoms with van der Waals surface area (Å²) in [5.74, 6) is 0.680. The molecule has 2 aromatic rings.